The molecule has 0 radical (unpaired) electrons. The maximum absolute atomic E-state index is 11.8. The fraction of sp³-hybridized carbons (Fsp3) is 0.615. The average Bonchev–Trinajstić information content (AvgIpc) is 2.42. The third-order valence-corrected chi connectivity index (χ3v) is 2.27. The number of aliphatic hydroxyl groups excluding tert-OH is 1. The summed E-state index contributed by atoms with van der Waals surface area (Å²) < 4.78 is 14.2. The number of carbonyl (C=O) groups is 3. The van der Waals surface area contributed by atoms with Crippen LogP contribution >= 0.6 is 0 Å². The molecule has 0 saturated carbocycles. The molecule has 0 aliphatic rings. The largest absolute Gasteiger partial charge is 0.462 e. The topological polar surface area (TPSA) is 99.1 Å². The van der Waals surface area contributed by atoms with E-state index in [-0.39, 0.29) is 19.6 Å². The molecular formula is C13H20O7. The molecule has 0 fully saturated rings. The van der Waals surface area contributed by atoms with Gasteiger partial charge in [-0.05, 0) is 20.3 Å². The van der Waals surface area contributed by atoms with Gasteiger partial charge in [0.25, 0.3) is 0 Å². The van der Waals surface area contributed by atoms with Crippen LogP contribution in [0.5, 0.6) is 0 Å². The number of hydrogen-bond acceptors (Lipinski definition) is 7. The lowest BCUT2D eigenvalue weighted by molar-refractivity contribution is -0.200. The summed E-state index contributed by atoms with van der Waals surface area (Å²) in [5, 5.41) is 9.35. The zero-order valence-electron chi connectivity index (χ0n) is 11.7. The Morgan fingerprint density at radius 2 is 1.65 bits per heavy atom. The predicted molar refractivity (Wildman–Crippen MR) is 68.6 cm³/mol. The molecule has 0 aromatic heterocycles. The van der Waals surface area contributed by atoms with Crippen molar-refractivity contribution in [1.29, 1.82) is 0 Å². The third kappa shape index (κ3) is 4.65. The number of carbonyl (C=O) groups excluding carboxylic acids is 3. The van der Waals surface area contributed by atoms with Gasteiger partial charge in [0.1, 0.15) is 6.61 Å². The quantitative estimate of drug-likeness (QED) is 0.283. The van der Waals surface area contributed by atoms with Crippen molar-refractivity contribution in [3.05, 3.63) is 12.7 Å². The lowest BCUT2D eigenvalue weighted by atomic mass is 10.1. The van der Waals surface area contributed by atoms with E-state index in [1.54, 1.807) is 0 Å². The van der Waals surface area contributed by atoms with Gasteiger partial charge in [0.05, 0.1) is 13.2 Å². The summed E-state index contributed by atoms with van der Waals surface area (Å²) in [5.74, 6) is -3.15. The van der Waals surface area contributed by atoms with Crippen LogP contribution in [0.15, 0.2) is 12.7 Å². The first kappa shape index (κ1) is 18.1. The number of ether oxygens (including phenoxy) is 3. The second kappa shape index (κ2) is 9.08. The molecule has 0 aromatic carbocycles. The Labute approximate surface area is 117 Å². The highest BCUT2D eigenvalue weighted by Gasteiger charge is 2.52. The average molecular weight is 288 g/mol. The first-order valence-electron chi connectivity index (χ1n) is 6.26. The van der Waals surface area contributed by atoms with Crippen molar-refractivity contribution in [2.24, 2.45) is 0 Å². The van der Waals surface area contributed by atoms with Gasteiger partial charge in [-0.2, -0.15) is 0 Å². The Kier molecular flexibility index (Phi) is 8.23. The van der Waals surface area contributed by atoms with Crippen LogP contribution in [0.25, 0.3) is 0 Å². The number of hydrogen-bond donors (Lipinski definition) is 1. The molecule has 0 bridgehead atoms. The van der Waals surface area contributed by atoms with Crippen LogP contribution in [-0.2, 0) is 28.6 Å². The van der Waals surface area contributed by atoms with Crippen LogP contribution < -0.4 is 0 Å². The van der Waals surface area contributed by atoms with E-state index in [2.05, 4.69) is 16.1 Å². The van der Waals surface area contributed by atoms with Crippen molar-refractivity contribution in [2.45, 2.75) is 32.3 Å². The highest BCUT2D eigenvalue weighted by Crippen LogP contribution is 2.18. The first-order chi connectivity index (χ1) is 9.48. The van der Waals surface area contributed by atoms with Gasteiger partial charge in [0.2, 0.25) is 0 Å². The minimum absolute atomic E-state index is 0.0375. The number of allylic oxidation sites excluding steroid dienone is 1. The van der Waals surface area contributed by atoms with E-state index in [0.717, 1.165) is 0 Å². The van der Waals surface area contributed by atoms with Crippen LogP contribution in [0.4, 0.5) is 0 Å². The van der Waals surface area contributed by atoms with Crippen LogP contribution in [0.2, 0.25) is 0 Å². The Morgan fingerprint density at radius 3 is 2.00 bits per heavy atom. The molecule has 7 heteroatoms. The van der Waals surface area contributed by atoms with Gasteiger partial charge in [-0.1, -0.05) is 6.08 Å². The fourth-order valence-electron chi connectivity index (χ4n) is 1.29. The molecule has 7 nitrogen and oxygen atoms in total. The third-order valence-electron chi connectivity index (χ3n) is 2.27. The fourth-order valence-corrected chi connectivity index (χ4v) is 1.29. The highest BCUT2D eigenvalue weighted by atomic mass is 16.6. The molecule has 114 valence electrons. The molecule has 0 aromatic rings. The molecule has 0 saturated heterocycles. The van der Waals surface area contributed by atoms with Gasteiger partial charge < -0.3 is 19.3 Å². The lowest BCUT2D eigenvalue weighted by Crippen LogP contribution is -2.55. The standard InChI is InChI=1S/C13H20O7/c1-4-7-8-10(15)20-13(9-14,11(16)18-5-2)12(17)19-6-3/h4,14H,1,5-9H2,2-3H3. The number of esters is 3. The van der Waals surface area contributed by atoms with Gasteiger partial charge in [-0.3, -0.25) is 4.79 Å². The molecule has 0 heterocycles. The van der Waals surface area contributed by atoms with Gasteiger partial charge >= 0.3 is 23.5 Å². The second-order valence-electron chi connectivity index (χ2n) is 3.73. The maximum atomic E-state index is 11.8. The Hall–Kier alpha value is -1.89. The molecule has 20 heavy (non-hydrogen) atoms. The van der Waals surface area contributed by atoms with Gasteiger partial charge in [-0.25, -0.2) is 9.59 Å². The maximum Gasteiger partial charge on any atom is 0.365 e. The number of rotatable bonds is 9. The van der Waals surface area contributed by atoms with E-state index in [9.17, 15) is 19.5 Å². The van der Waals surface area contributed by atoms with E-state index in [4.69, 9.17) is 4.74 Å². The lowest BCUT2D eigenvalue weighted by Gasteiger charge is -2.26. The Balaban J connectivity index is 5.19. The van der Waals surface area contributed by atoms with Crippen molar-refractivity contribution in [2.75, 3.05) is 19.8 Å². The van der Waals surface area contributed by atoms with Crippen LogP contribution in [-0.4, -0.2) is 48.4 Å². The summed E-state index contributed by atoms with van der Waals surface area (Å²) >= 11 is 0. The zero-order chi connectivity index (χ0) is 15.6. The summed E-state index contributed by atoms with van der Waals surface area (Å²) in [6.45, 7) is 5.35. The van der Waals surface area contributed by atoms with Gasteiger partial charge in [0, 0.05) is 6.42 Å². The molecule has 0 unspecified atom stereocenters. The van der Waals surface area contributed by atoms with E-state index < -0.39 is 30.1 Å². The Morgan fingerprint density at radius 1 is 1.15 bits per heavy atom. The predicted octanol–water partition coefficient (Wildman–Crippen LogP) is 0.353. The minimum atomic E-state index is -2.47. The van der Waals surface area contributed by atoms with Crippen molar-refractivity contribution in [3.63, 3.8) is 0 Å². The molecule has 0 rings (SSSR count). The van der Waals surface area contributed by atoms with Crippen LogP contribution in [0.3, 0.4) is 0 Å². The van der Waals surface area contributed by atoms with E-state index in [1.807, 2.05) is 0 Å². The molecular weight excluding hydrogens is 268 g/mol. The second-order valence-corrected chi connectivity index (χ2v) is 3.73. The van der Waals surface area contributed by atoms with Gasteiger partial charge in [0.15, 0.2) is 0 Å². The smallest absolute Gasteiger partial charge is 0.365 e. The summed E-state index contributed by atoms with van der Waals surface area (Å²) in [4.78, 5) is 35.3. The van der Waals surface area contributed by atoms with Gasteiger partial charge in [-0.15, -0.1) is 6.58 Å². The molecule has 0 aliphatic carbocycles. The Bertz CT molecular complexity index is 344. The first-order valence-corrected chi connectivity index (χ1v) is 6.26. The number of aliphatic hydroxyl groups is 1. The van der Waals surface area contributed by atoms with Crippen molar-refractivity contribution in [1.82, 2.24) is 0 Å². The van der Waals surface area contributed by atoms with E-state index in [0.29, 0.717) is 6.42 Å². The van der Waals surface area contributed by atoms with Crippen LogP contribution in [0, 0.1) is 0 Å². The summed E-state index contributed by atoms with van der Waals surface area (Å²) in [7, 11) is 0. The molecule has 1 N–H and O–H groups in total. The van der Waals surface area contributed by atoms with Crippen molar-refractivity contribution in [3.8, 4) is 0 Å². The summed E-state index contributed by atoms with van der Waals surface area (Å²) in [5.41, 5.74) is -2.47. The normalized spacial score (nSPS) is 10.6. The molecule has 0 atom stereocenters. The molecule has 0 spiro atoms. The monoisotopic (exact) mass is 288 g/mol. The minimum Gasteiger partial charge on any atom is -0.462 e. The SMILES string of the molecule is C=CCCC(=O)OC(CO)(C(=O)OCC)C(=O)OCC. The highest BCUT2D eigenvalue weighted by molar-refractivity contribution is 6.05. The van der Waals surface area contributed by atoms with Crippen molar-refractivity contribution < 1.29 is 33.7 Å². The zero-order valence-corrected chi connectivity index (χ0v) is 11.7. The summed E-state index contributed by atoms with van der Waals surface area (Å²) in [6.07, 6.45) is 1.71. The van der Waals surface area contributed by atoms with E-state index >= 15 is 0 Å². The molecule has 0 amide bonds. The van der Waals surface area contributed by atoms with Crippen LogP contribution in [0.1, 0.15) is 26.7 Å². The van der Waals surface area contributed by atoms with Crippen molar-refractivity contribution >= 4 is 17.9 Å². The molecule has 0 aliphatic heterocycles. The van der Waals surface area contributed by atoms with E-state index in [1.165, 1.54) is 19.9 Å². The summed E-state index contributed by atoms with van der Waals surface area (Å²) in [6, 6.07) is 0.